The molecule has 2 aromatic rings. The normalized spacial score (nSPS) is 19.0. The molecular formula is C19H21NO3. The lowest BCUT2D eigenvalue weighted by atomic mass is 9.76. The van der Waals surface area contributed by atoms with Gasteiger partial charge in [-0.05, 0) is 48.7 Å². The third-order valence-electron chi connectivity index (χ3n) is 5.23. The predicted octanol–water partition coefficient (Wildman–Crippen LogP) is 3.16. The van der Waals surface area contributed by atoms with Crippen LogP contribution in [0.25, 0.3) is 11.1 Å². The van der Waals surface area contributed by atoms with Gasteiger partial charge in [-0.25, -0.2) is 0 Å². The molecule has 0 aromatic heterocycles. The number of phenolic OH excluding ortho intramolecular Hbond substituents is 1. The van der Waals surface area contributed by atoms with E-state index in [-0.39, 0.29) is 5.75 Å². The lowest BCUT2D eigenvalue weighted by molar-refractivity contribution is 0.227. The number of methoxy groups -OCH3 is 2. The molecule has 2 aliphatic rings. The molecule has 1 heterocycles. The molecule has 1 N–H and O–H groups in total. The maximum Gasteiger partial charge on any atom is 0.166 e. The summed E-state index contributed by atoms with van der Waals surface area (Å²) in [5, 5.41) is 10.7. The Bertz CT molecular complexity index is 785. The van der Waals surface area contributed by atoms with E-state index >= 15 is 0 Å². The van der Waals surface area contributed by atoms with Gasteiger partial charge < -0.3 is 14.6 Å². The van der Waals surface area contributed by atoms with E-state index < -0.39 is 0 Å². The Labute approximate surface area is 136 Å². The average Bonchev–Trinajstić information content (AvgIpc) is 2.58. The maximum atomic E-state index is 10.7. The SMILES string of the molecule is COc1ccc2c(c1O)-c1c(OC)ccc3c1C(C2)N(C)CC3. The highest BCUT2D eigenvalue weighted by Crippen LogP contribution is 2.53. The van der Waals surface area contributed by atoms with Gasteiger partial charge in [-0.1, -0.05) is 12.1 Å². The standard InChI is InChI=1S/C19H21NO3/c1-20-9-8-11-4-6-14(22-2)18-16(11)13(20)10-12-5-7-15(23-3)19(21)17(12)18/h4-7,13,21H,8-10H2,1-3H3. The number of hydrogen-bond donors (Lipinski definition) is 1. The number of likely N-dealkylation sites (N-methyl/N-ethyl adjacent to an activating group) is 1. The number of hydrogen-bond acceptors (Lipinski definition) is 4. The first-order valence-corrected chi connectivity index (χ1v) is 7.95. The van der Waals surface area contributed by atoms with Crippen LogP contribution in [0.4, 0.5) is 0 Å². The molecule has 0 saturated carbocycles. The van der Waals surface area contributed by atoms with Gasteiger partial charge in [-0.2, -0.15) is 0 Å². The first-order valence-electron chi connectivity index (χ1n) is 7.95. The third kappa shape index (κ3) is 1.94. The van der Waals surface area contributed by atoms with Crippen molar-refractivity contribution in [2.24, 2.45) is 0 Å². The van der Waals surface area contributed by atoms with Crippen molar-refractivity contribution in [2.45, 2.75) is 18.9 Å². The molecule has 0 saturated heterocycles. The molecule has 0 radical (unpaired) electrons. The Morgan fingerprint density at radius 3 is 2.43 bits per heavy atom. The summed E-state index contributed by atoms with van der Waals surface area (Å²) in [5.41, 5.74) is 5.69. The van der Waals surface area contributed by atoms with Crippen molar-refractivity contribution in [3.8, 4) is 28.4 Å². The minimum absolute atomic E-state index is 0.211. The van der Waals surface area contributed by atoms with E-state index in [9.17, 15) is 5.11 Å². The van der Waals surface area contributed by atoms with Crippen molar-refractivity contribution >= 4 is 0 Å². The summed E-state index contributed by atoms with van der Waals surface area (Å²) in [4.78, 5) is 2.40. The quantitative estimate of drug-likeness (QED) is 0.925. The summed E-state index contributed by atoms with van der Waals surface area (Å²) in [7, 11) is 5.44. The van der Waals surface area contributed by atoms with E-state index in [1.165, 1.54) is 11.1 Å². The van der Waals surface area contributed by atoms with Crippen LogP contribution in [0.3, 0.4) is 0 Å². The Kier molecular flexibility index (Phi) is 3.23. The van der Waals surface area contributed by atoms with Crippen LogP contribution in [0, 0.1) is 0 Å². The fourth-order valence-electron chi connectivity index (χ4n) is 4.04. The predicted molar refractivity (Wildman–Crippen MR) is 89.4 cm³/mol. The Balaban J connectivity index is 2.07. The molecule has 1 aliphatic heterocycles. The second-order valence-corrected chi connectivity index (χ2v) is 6.32. The van der Waals surface area contributed by atoms with Gasteiger partial charge in [0.15, 0.2) is 11.5 Å². The van der Waals surface area contributed by atoms with Gasteiger partial charge in [0.1, 0.15) is 5.75 Å². The van der Waals surface area contributed by atoms with Crippen LogP contribution in [0.1, 0.15) is 22.7 Å². The molecule has 4 rings (SSSR count). The van der Waals surface area contributed by atoms with Crippen molar-refractivity contribution in [1.82, 2.24) is 4.90 Å². The number of nitrogens with zero attached hydrogens (tertiary/aromatic N) is 1. The molecule has 2 aromatic carbocycles. The summed E-state index contributed by atoms with van der Waals surface area (Å²) in [5.74, 6) is 1.53. The molecule has 0 fully saturated rings. The molecular weight excluding hydrogens is 290 g/mol. The van der Waals surface area contributed by atoms with E-state index in [0.717, 1.165) is 41.8 Å². The lowest BCUT2D eigenvalue weighted by Gasteiger charge is -2.40. The Morgan fingerprint density at radius 2 is 1.70 bits per heavy atom. The van der Waals surface area contributed by atoms with E-state index in [0.29, 0.717) is 11.8 Å². The van der Waals surface area contributed by atoms with Crippen LogP contribution in [0.5, 0.6) is 17.2 Å². The molecule has 23 heavy (non-hydrogen) atoms. The van der Waals surface area contributed by atoms with Gasteiger partial charge in [-0.15, -0.1) is 0 Å². The van der Waals surface area contributed by atoms with Crippen LogP contribution in [-0.2, 0) is 12.8 Å². The number of aromatic hydroxyl groups is 1. The molecule has 120 valence electrons. The highest BCUT2D eigenvalue weighted by molar-refractivity contribution is 5.86. The lowest BCUT2D eigenvalue weighted by Crippen LogP contribution is -2.35. The zero-order chi connectivity index (χ0) is 16.1. The van der Waals surface area contributed by atoms with Crippen molar-refractivity contribution < 1.29 is 14.6 Å². The van der Waals surface area contributed by atoms with Crippen molar-refractivity contribution in [3.63, 3.8) is 0 Å². The van der Waals surface area contributed by atoms with Crippen LogP contribution in [0.2, 0.25) is 0 Å². The largest absolute Gasteiger partial charge is 0.504 e. The van der Waals surface area contributed by atoms with Gasteiger partial charge in [0, 0.05) is 23.7 Å². The summed E-state index contributed by atoms with van der Waals surface area (Å²) < 4.78 is 11.0. The molecule has 0 spiro atoms. The smallest absolute Gasteiger partial charge is 0.166 e. The van der Waals surface area contributed by atoms with Crippen molar-refractivity contribution in [1.29, 1.82) is 0 Å². The number of ether oxygens (including phenoxy) is 2. The summed E-state index contributed by atoms with van der Waals surface area (Å²) in [6.45, 7) is 1.06. The summed E-state index contributed by atoms with van der Waals surface area (Å²) in [6, 6.07) is 8.43. The molecule has 4 heteroatoms. The number of phenols is 1. The van der Waals surface area contributed by atoms with Crippen molar-refractivity contribution in [3.05, 3.63) is 41.0 Å². The molecule has 1 aliphatic carbocycles. The van der Waals surface area contributed by atoms with Crippen LogP contribution in [0.15, 0.2) is 24.3 Å². The maximum absolute atomic E-state index is 10.7. The van der Waals surface area contributed by atoms with Crippen molar-refractivity contribution in [2.75, 3.05) is 27.8 Å². The highest BCUT2D eigenvalue weighted by Gasteiger charge is 2.36. The van der Waals surface area contributed by atoms with E-state index in [2.05, 4.69) is 24.1 Å². The first kappa shape index (κ1) is 14.4. The van der Waals surface area contributed by atoms with E-state index in [1.807, 2.05) is 12.1 Å². The Hall–Kier alpha value is -2.20. The monoisotopic (exact) mass is 311 g/mol. The summed E-state index contributed by atoms with van der Waals surface area (Å²) >= 11 is 0. The molecule has 1 atom stereocenters. The Morgan fingerprint density at radius 1 is 1.00 bits per heavy atom. The van der Waals surface area contributed by atoms with Gasteiger partial charge in [0.05, 0.1) is 14.2 Å². The van der Waals surface area contributed by atoms with E-state index in [4.69, 9.17) is 9.47 Å². The van der Waals surface area contributed by atoms with Gasteiger partial charge in [0.2, 0.25) is 0 Å². The van der Waals surface area contributed by atoms with Gasteiger partial charge >= 0.3 is 0 Å². The highest BCUT2D eigenvalue weighted by atomic mass is 16.5. The molecule has 0 amide bonds. The average molecular weight is 311 g/mol. The summed E-state index contributed by atoms with van der Waals surface area (Å²) in [6.07, 6.45) is 1.93. The molecule has 4 nitrogen and oxygen atoms in total. The number of fused-ring (bicyclic) bond motifs is 2. The minimum Gasteiger partial charge on any atom is -0.504 e. The van der Waals surface area contributed by atoms with Gasteiger partial charge in [-0.3, -0.25) is 4.90 Å². The van der Waals surface area contributed by atoms with Crippen LogP contribution >= 0.6 is 0 Å². The second-order valence-electron chi connectivity index (χ2n) is 6.32. The zero-order valence-electron chi connectivity index (χ0n) is 13.7. The third-order valence-corrected chi connectivity index (χ3v) is 5.23. The van der Waals surface area contributed by atoms with Gasteiger partial charge in [0.25, 0.3) is 0 Å². The van der Waals surface area contributed by atoms with Crippen LogP contribution in [-0.4, -0.2) is 37.8 Å². The second kappa shape index (κ2) is 5.17. The topological polar surface area (TPSA) is 41.9 Å². The van der Waals surface area contributed by atoms with Crippen LogP contribution < -0.4 is 9.47 Å². The fourth-order valence-corrected chi connectivity index (χ4v) is 4.04. The first-order chi connectivity index (χ1) is 11.2. The zero-order valence-corrected chi connectivity index (χ0v) is 13.7. The van der Waals surface area contributed by atoms with E-state index in [1.54, 1.807) is 14.2 Å². The number of benzene rings is 2. The number of rotatable bonds is 2. The fraction of sp³-hybridized carbons (Fsp3) is 0.368. The molecule has 1 unspecified atom stereocenters. The minimum atomic E-state index is 0.211. The molecule has 0 bridgehead atoms.